The molecule has 1 amide bonds. The van der Waals surface area contributed by atoms with Gasteiger partial charge in [-0.2, -0.15) is 0 Å². The van der Waals surface area contributed by atoms with E-state index in [9.17, 15) is 4.79 Å². The van der Waals surface area contributed by atoms with Gasteiger partial charge < -0.3 is 14.6 Å². The van der Waals surface area contributed by atoms with Crippen LogP contribution in [-0.2, 0) is 22.5 Å². The second-order valence-electron chi connectivity index (χ2n) is 10.5. The zero-order chi connectivity index (χ0) is 25.0. The van der Waals surface area contributed by atoms with E-state index in [0.29, 0.717) is 13.0 Å². The molecule has 1 N–H and O–H groups in total. The molecular formula is C32H36N2O2. The van der Waals surface area contributed by atoms with Crippen molar-refractivity contribution in [1.82, 2.24) is 9.88 Å². The predicted molar refractivity (Wildman–Crippen MR) is 146 cm³/mol. The van der Waals surface area contributed by atoms with Gasteiger partial charge in [0.1, 0.15) is 0 Å². The average molecular weight is 481 g/mol. The molecule has 0 bridgehead atoms. The molecule has 1 saturated heterocycles. The zero-order valence-electron chi connectivity index (χ0n) is 21.4. The van der Waals surface area contributed by atoms with Gasteiger partial charge in [-0.25, -0.2) is 0 Å². The lowest BCUT2D eigenvalue weighted by molar-refractivity contribution is -0.122. The summed E-state index contributed by atoms with van der Waals surface area (Å²) in [5, 5.41) is 4.41. The molecular weight excluding hydrogens is 444 g/mol. The van der Waals surface area contributed by atoms with E-state index in [1.165, 1.54) is 33.2 Å². The van der Waals surface area contributed by atoms with Crippen LogP contribution in [0.15, 0.2) is 85.1 Å². The molecule has 0 spiro atoms. The Kier molecular flexibility index (Phi) is 7.24. The molecule has 4 nitrogen and oxygen atoms in total. The summed E-state index contributed by atoms with van der Waals surface area (Å²) >= 11 is 0. The lowest BCUT2D eigenvalue weighted by Crippen LogP contribution is -2.40. The second kappa shape index (κ2) is 10.7. The van der Waals surface area contributed by atoms with Crippen LogP contribution in [0.1, 0.15) is 54.4 Å². The number of fused-ring (bicyclic) bond motifs is 1. The molecule has 1 fully saturated rings. The molecule has 5 rings (SSSR count). The Bertz CT molecular complexity index is 1300. The first kappa shape index (κ1) is 24.3. The number of para-hydroxylation sites is 1. The number of hydrogen-bond acceptors (Lipinski definition) is 2. The summed E-state index contributed by atoms with van der Waals surface area (Å²) in [4.78, 5) is 13.2. The largest absolute Gasteiger partial charge is 0.373 e. The number of rotatable bonds is 9. The Labute approximate surface area is 214 Å². The van der Waals surface area contributed by atoms with E-state index >= 15 is 0 Å². The van der Waals surface area contributed by atoms with E-state index in [4.69, 9.17) is 4.74 Å². The van der Waals surface area contributed by atoms with Gasteiger partial charge in [0.15, 0.2) is 0 Å². The fraction of sp³-hybridized carbons (Fsp3) is 0.344. The molecule has 1 aliphatic rings. The number of amides is 1. The van der Waals surface area contributed by atoms with Crippen LogP contribution in [0, 0.1) is 6.92 Å². The number of aryl methyl sites for hydroxylation is 1. The van der Waals surface area contributed by atoms with E-state index in [-0.39, 0.29) is 17.4 Å². The summed E-state index contributed by atoms with van der Waals surface area (Å²) in [6.45, 7) is 6.37. The molecule has 36 heavy (non-hydrogen) atoms. The molecule has 1 aromatic heterocycles. The van der Waals surface area contributed by atoms with Crippen molar-refractivity contribution in [3.8, 4) is 0 Å². The van der Waals surface area contributed by atoms with E-state index < -0.39 is 0 Å². The maximum atomic E-state index is 13.2. The van der Waals surface area contributed by atoms with Crippen LogP contribution in [0.3, 0.4) is 0 Å². The Morgan fingerprint density at radius 1 is 1.00 bits per heavy atom. The zero-order valence-corrected chi connectivity index (χ0v) is 21.4. The van der Waals surface area contributed by atoms with Gasteiger partial charge in [0.05, 0.1) is 5.60 Å². The number of ether oxygens (including phenoxy) is 1. The maximum Gasteiger partial charge on any atom is 0.220 e. The fourth-order valence-corrected chi connectivity index (χ4v) is 5.37. The number of benzene rings is 3. The van der Waals surface area contributed by atoms with Gasteiger partial charge in [0, 0.05) is 43.2 Å². The van der Waals surface area contributed by atoms with Gasteiger partial charge in [0.25, 0.3) is 0 Å². The standard InChI is InChI=1S/C32H36N2O2/c1-24-13-15-26(16-14-24)21-34-22-29(28-11-6-7-12-30(28)34)27(19-25-9-4-3-5-10-25)20-31(35)33-23-32(2)17-8-18-36-32/h3-7,9-16,22,27H,8,17-21,23H2,1-2H3,(H,33,35). The minimum atomic E-state index is -0.241. The van der Waals surface area contributed by atoms with Crippen LogP contribution in [0.4, 0.5) is 0 Å². The molecule has 0 aliphatic carbocycles. The first-order valence-electron chi connectivity index (χ1n) is 13.1. The maximum absolute atomic E-state index is 13.2. The van der Waals surface area contributed by atoms with Crippen molar-refractivity contribution in [2.75, 3.05) is 13.2 Å². The Hall–Kier alpha value is -3.37. The minimum absolute atomic E-state index is 0.0777. The van der Waals surface area contributed by atoms with Crippen molar-refractivity contribution in [3.05, 3.63) is 107 Å². The highest BCUT2D eigenvalue weighted by molar-refractivity contribution is 5.86. The van der Waals surface area contributed by atoms with Crippen LogP contribution in [0.5, 0.6) is 0 Å². The molecule has 3 aromatic carbocycles. The molecule has 1 aliphatic heterocycles. The van der Waals surface area contributed by atoms with Gasteiger partial charge in [0.2, 0.25) is 5.91 Å². The summed E-state index contributed by atoms with van der Waals surface area (Å²) in [6, 6.07) is 27.8. The average Bonchev–Trinajstić information content (AvgIpc) is 3.49. The minimum Gasteiger partial charge on any atom is -0.373 e. The first-order chi connectivity index (χ1) is 17.5. The van der Waals surface area contributed by atoms with Crippen molar-refractivity contribution in [2.24, 2.45) is 0 Å². The monoisotopic (exact) mass is 480 g/mol. The van der Waals surface area contributed by atoms with Crippen molar-refractivity contribution < 1.29 is 9.53 Å². The van der Waals surface area contributed by atoms with Crippen molar-refractivity contribution in [1.29, 1.82) is 0 Å². The molecule has 0 radical (unpaired) electrons. The normalized spacial score (nSPS) is 18.4. The smallest absolute Gasteiger partial charge is 0.220 e. The van der Waals surface area contributed by atoms with Crippen molar-refractivity contribution in [3.63, 3.8) is 0 Å². The number of aromatic nitrogens is 1. The fourth-order valence-electron chi connectivity index (χ4n) is 5.37. The van der Waals surface area contributed by atoms with Crippen LogP contribution in [0.25, 0.3) is 10.9 Å². The summed E-state index contributed by atoms with van der Waals surface area (Å²) in [5.41, 5.74) is 5.99. The molecule has 2 unspecified atom stereocenters. The quantitative estimate of drug-likeness (QED) is 0.301. The SMILES string of the molecule is Cc1ccc(Cn2cc(C(CC(=O)NCC3(C)CCCO3)Cc3ccccc3)c3ccccc32)cc1. The van der Waals surface area contributed by atoms with E-state index in [2.05, 4.69) is 103 Å². The summed E-state index contributed by atoms with van der Waals surface area (Å²) < 4.78 is 8.21. The lowest BCUT2D eigenvalue weighted by atomic mass is 9.88. The van der Waals surface area contributed by atoms with Crippen molar-refractivity contribution >= 4 is 16.8 Å². The third kappa shape index (κ3) is 5.71. The molecule has 0 saturated carbocycles. The number of hydrogen-bond donors (Lipinski definition) is 1. The van der Waals surface area contributed by atoms with Gasteiger partial charge >= 0.3 is 0 Å². The highest BCUT2D eigenvalue weighted by atomic mass is 16.5. The van der Waals surface area contributed by atoms with Gasteiger partial charge in [-0.3, -0.25) is 4.79 Å². The summed E-state index contributed by atoms with van der Waals surface area (Å²) in [6.07, 6.45) is 5.59. The number of carbonyl (C=O) groups is 1. The summed E-state index contributed by atoms with van der Waals surface area (Å²) in [7, 11) is 0. The van der Waals surface area contributed by atoms with Gasteiger partial charge in [-0.15, -0.1) is 0 Å². The molecule has 4 aromatic rings. The molecule has 4 heteroatoms. The predicted octanol–water partition coefficient (Wildman–Crippen LogP) is 6.40. The topological polar surface area (TPSA) is 43.3 Å². The molecule has 2 atom stereocenters. The highest BCUT2D eigenvalue weighted by Gasteiger charge is 2.30. The third-order valence-corrected chi connectivity index (χ3v) is 7.45. The van der Waals surface area contributed by atoms with Crippen LogP contribution < -0.4 is 5.32 Å². The Morgan fingerprint density at radius 3 is 2.50 bits per heavy atom. The van der Waals surface area contributed by atoms with Gasteiger partial charge in [-0.05, 0) is 61.8 Å². The van der Waals surface area contributed by atoms with Crippen molar-refractivity contribution in [2.45, 2.75) is 57.6 Å². The highest BCUT2D eigenvalue weighted by Crippen LogP contribution is 2.33. The lowest BCUT2D eigenvalue weighted by Gasteiger charge is -2.24. The van der Waals surface area contributed by atoms with E-state index in [1.54, 1.807) is 0 Å². The van der Waals surface area contributed by atoms with Crippen LogP contribution >= 0.6 is 0 Å². The van der Waals surface area contributed by atoms with Crippen LogP contribution in [-0.4, -0.2) is 29.2 Å². The van der Waals surface area contributed by atoms with E-state index in [1.807, 2.05) is 6.07 Å². The summed E-state index contributed by atoms with van der Waals surface area (Å²) in [5.74, 6) is 0.164. The van der Waals surface area contributed by atoms with Crippen LogP contribution in [0.2, 0.25) is 0 Å². The van der Waals surface area contributed by atoms with Gasteiger partial charge in [-0.1, -0.05) is 78.4 Å². The number of nitrogens with zero attached hydrogens (tertiary/aromatic N) is 1. The first-order valence-corrected chi connectivity index (χ1v) is 13.1. The Morgan fingerprint density at radius 2 is 1.75 bits per heavy atom. The van der Waals surface area contributed by atoms with E-state index in [0.717, 1.165) is 32.4 Å². The third-order valence-electron chi connectivity index (χ3n) is 7.45. The second-order valence-corrected chi connectivity index (χ2v) is 10.5. The Balaban J connectivity index is 1.43. The molecule has 186 valence electrons. The number of nitrogens with one attached hydrogen (secondary N) is 1. The molecule has 2 heterocycles. The number of carbonyl (C=O) groups excluding carboxylic acids is 1.